The van der Waals surface area contributed by atoms with E-state index < -0.39 is 15.8 Å². The van der Waals surface area contributed by atoms with Crippen molar-refractivity contribution < 1.29 is 23.0 Å². The number of para-hydroxylation sites is 1. The Hall–Kier alpha value is -1.35. The molecule has 0 bridgehead atoms. The van der Waals surface area contributed by atoms with Gasteiger partial charge in [-0.1, -0.05) is 12.1 Å². The molecule has 5 rings (SSSR count). The third-order valence-corrected chi connectivity index (χ3v) is 8.96. The first-order valence-electron chi connectivity index (χ1n) is 10.4. The molecule has 0 amide bonds. The zero-order chi connectivity index (χ0) is 19.4. The summed E-state index contributed by atoms with van der Waals surface area (Å²) < 4.78 is 41.7. The molecule has 3 saturated heterocycles. The molecule has 7 nitrogen and oxygen atoms in total. The number of phenolic OH excluding ortho intramolecular Hbond substituents is 1. The summed E-state index contributed by atoms with van der Waals surface area (Å²) >= 11 is 0. The maximum atomic E-state index is 12.9. The van der Waals surface area contributed by atoms with Crippen LogP contribution in [-0.4, -0.2) is 60.5 Å². The fraction of sp³-hybridized carbons (Fsp3) is 0.700. The number of hydrogen-bond donors (Lipinski definition) is 1. The van der Waals surface area contributed by atoms with E-state index in [0.29, 0.717) is 51.4 Å². The fourth-order valence-corrected chi connectivity index (χ4v) is 7.12. The Bertz CT molecular complexity index is 844. The number of fused-ring (bicyclic) bond motifs is 4. The second kappa shape index (κ2) is 6.86. The van der Waals surface area contributed by atoms with Gasteiger partial charge in [0.15, 0.2) is 11.5 Å². The lowest BCUT2D eigenvalue weighted by Gasteiger charge is -2.53. The number of piperidine rings is 1. The third kappa shape index (κ3) is 2.84. The van der Waals surface area contributed by atoms with Gasteiger partial charge in [-0.15, -0.1) is 0 Å². The van der Waals surface area contributed by atoms with Crippen LogP contribution in [0.4, 0.5) is 0 Å². The number of benzene rings is 1. The van der Waals surface area contributed by atoms with Crippen molar-refractivity contribution in [1.82, 2.24) is 8.61 Å². The summed E-state index contributed by atoms with van der Waals surface area (Å²) in [6, 6.07) is 5.44. The van der Waals surface area contributed by atoms with E-state index in [-0.39, 0.29) is 17.8 Å². The lowest BCUT2D eigenvalue weighted by molar-refractivity contribution is -0.146. The molecule has 1 aromatic carbocycles. The maximum Gasteiger partial charge on any atom is 0.281 e. The van der Waals surface area contributed by atoms with Gasteiger partial charge in [-0.05, 0) is 31.7 Å². The van der Waals surface area contributed by atoms with E-state index in [2.05, 4.69) is 0 Å². The number of rotatable bonds is 2. The minimum absolute atomic E-state index is 0.0914. The topological polar surface area (TPSA) is 79.3 Å². The standard InChI is InChI=1S/C20H28N2O5S/c23-17-7-3-5-15-18-16(6-4-14-26-18)20(27-19(15)17)8-12-22(13-9-20)28(24,25)21-10-1-2-11-21/h3,5,7,16,18,23H,1-2,4,6,8-14H2/t16-,18+/m0/s1. The van der Waals surface area contributed by atoms with Crippen molar-refractivity contribution in [3.63, 3.8) is 0 Å². The maximum absolute atomic E-state index is 12.9. The number of hydrogen-bond acceptors (Lipinski definition) is 5. The van der Waals surface area contributed by atoms with Crippen molar-refractivity contribution in [2.75, 3.05) is 32.8 Å². The number of ether oxygens (including phenoxy) is 2. The molecular formula is C20H28N2O5S. The molecule has 4 heterocycles. The highest BCUT2D eigenvalue weighted by Crippen LogP contribution is 2.55. The van der Waals surface area contributed by atoms with Gasteiger partial charge in [0.1, 0.15) is 5.60 Å². The first-order valence-corrected chi connectivity index (χ1v) is 11.8. The number of phenols is 1. The van der Waals surface area contributed by atoms with Crippen LogP contribution in [0.15, 0.2) is 18.2 Å². The van der Waals surface area contributed by atoms with Crippen molar-refractivity contribution in [1.29, 1.82) is 0 Å². The molecule has 1 N–H and O–H groups in total. The van der Waals surface area contributed by atoms with Crippen LogP contribution in [0.25, 0.3) is 0 Å². The molecule has 0 aromatic heterocycles. The van der Waals surface area contributed by atoms with E-state index in [1.807, 2.05) is 12.1 Å². The van der Waals surface area contributed by atoms with E-state index in [4.69, 9.17) is 9.47 Å². The molecule has 0 unspecified atom stereocenters. The second-order valence-electron chi connectivity index (χ2n) is 8.42. The molecule has 2 atom stereocenters. The van der Waals surface area contributed by atoms with Crippen molar-refractivity contribution >= 4 is 10.2 Å². The average Bonchev–Trinajstić information content (AvgIpc) is 3.26. The average molecular weight is 409 g/mol. The summed E-state index contributed by atoms with van der Waals surface area (Å²) in [7, 11) is -3.38. The molecule has 0 radical (unpaired) electrons. The molecule has 3 fully saturated rings. The predicted molar refractivity (Wildman–Crippen MR) is 103 cm³/mol. The third-order valence-electron chi connectivity index (χ3n) is 6.92. The highest BCUT2D eigenvalue weighted by Gasteiger charge is 2.54. The van der Waals surface area contributed by atoms with Crippen molar-refractivity contribution in [3.8, 4) is 11.5 Å². The lowest BCUT2D eigenvalue weighted by atomic mass is 9.70. The monoisotopic (exact) mass is 408 g/mol. The van der Waals surface area contributed by atoms with E-state index in [1.165, 1.54) is 0 Å². The van der Waals surface area contributed by atoms with Gasteiger partial charge in [-0.25, -0.2) is 0 Å². The summed E-state index contributed by atoms with van der Waals surface area (Å²) in [6.45, 7) is 2.86. The Balaban J connectivity index is 1.42. The summed E-state index contributed by atoms with van der Waals surface area (Å²) in [5.41, 5.74) is 0.441. The highest BCUT2D eigenvalue weighted by molar-refractivity contribution is 7.86. The number of nitrogens with zero attached hydrogens (tertiary/aromatic N) is 2. The van der Waals surface area contributed by atoms with E-state index in [0.717, 1.165) is 31.2 Å². The van der Waals surface area contributed by atoms with Crippen LogP contribution < -0.4 is 4.74 Å². The van der Waals surface area contributed by atoms with Crippen LogP contribution in [0.1, 0.15) is 50.2 Å². The predicted octanol–water partition coefficient (Wildman–Crippen LogP) is 2.43. The minimum Gasteiger partial charge on any atom is -0.504 e. The molecular weight excluding hydrogens is 380 g/mol. The molecule has 4 aliphatic heterocycles. The van der Waals surface area contributed by atoms with Crippen LogP contribution in [0.5, 0.6) is 11.5 Å². The van der Waals surface area contributed by atoms with E-state index >= 15 is 0 Å². The van der Waals surface area contributed by atoms with Crippen LogP contribution in [-0.2, 0) is 14.9 Å². The van der Waals surface area contributed by atoms with Crippen molar-refractivity contribution in [3.05, 3.63) is 23.8 Å². The smallest absolute Gasteiger partial charge is 0.281 e. The SMILES string of the molecule is O=S(=O)(N1CCCC1)N1CCC2(CC1)Oc1c(O)cccc1[C@H]1OCCC[C@@H]12. The molecule has 1 spiro atoms. The Morgan fingerprint density at radius 1 is 1.04 bits per heavy atom. The molecule has 8 heteroatoms. The minimum atomic E-state index is -3.38. The Morgan fingerprint density at radius 3 is 2.50 bits per heavy atom. The quantitative estimate of drug-likeness (QED) is 0.813. The first kappa shape index (κ1) is 18.7. The summed E-state index contributed by atoms with van der Waals surface area (Å²) in [4.78, 5) is 0. The Labute approximate surface area is 166 Å². The Morgan fingerprint density at radius 2 is 1.75 bits per heavy atom. The van der Waals surface area contributed by atoms with Crippen LogP contribution in [0, 0.1) is 5.92 Å². The van der Waals surface area contributed by atoms with Gasteiger partial charge in [-0.3, -0.25) is 0 Å². The molecule has 0 saturated carbocycles. The van der Waals surface area contributed by atoms with E-state index in [9.17, 15) is 13.5 Å². The van der Waals surface area contributed by atoms with Crippen LogP contribution >= 0.6 is 0 Å². The highest BCUT2D eigenvalue weighted by atomic mass is 32.2. The Kier molecular flexibility index (Phi) is 4.58. The zero-order valence-electron chi connectivity index (χ0n) is 16.0. The molecule has 28 heavy (non-hydrogen) atoms. The van der Waals surface area contributed by atoms with Gasteiger partial charge in [0, 0.05) is 57.1 Å². The van der Waals surface area contributed by atoms with Gasteiger partial charge < -0.3 is 14.6 Å². The van der Waals surface area contributed by atoms with Crippen LogP contribution in [0.2, 0.25) is 0 Å². The molecule has 1 aromatic rings. The second-order valence-corrected chi connectivity index (χ2v) is 10.3. The van der Waals surface area contributed by atoms with Crippen molar-refractivity contribution in [2.45, 2.75) is 50.2 Å². The summed E-state index contributed by atoms with van der Waals surface area (Å²) in [5.74, 6) is 0.838. The molecule has 0 aliphatic carbocycles. The van der Waals surface area contributed by atoms with Crippen LogP contribution in [0.3, 0.4) is 0 Å². The van der Waals surface area contributed by atoms with Gasteiger partial charge in [-0.2, -0.15) is 17.0 Å². The lowest BCUT2D eigenvalue weighted by Crippen LogP contribution is -2.58. The van der Waals surface area contributed by atoms with Gasteiger partial charge in [0.2, 0.25) is 0 Å². The van der Waals surface area contributed by atoms with Gasteiger partial charge in [0.05, 0.1) is 6.10 Å². The van der Waals surface area contributed by atoms with E-state index in [1.54, 1.807) is 14.7 Å². The summed E-state index contributed by atoms with van der Waals surface area (Å²) in [5, 5.41) is 10.4. The van der Waals surface area contributed by atoms with Gasteiger partial charge in [0.25, 0.3) is 10.2 Å². The molecule has 4 aliphatic rings. The van der Waals surface area contributed by atoms with Gasteiger partial charge >= 0.3 is 0 Å². The normalized spacial score (nSPS) is 30.6. The summed E-state index contributed by atoms with van der Waals surface area (Å²) in [6.07, 6.45) is 5.02. The number of aromatic hydroxyl groups is 1. The molecule has 154 valence electrons. The van der Waals surface area contributed by atoms with Crippen molar-refractivity contribution in [2.24, 2.45) is 5.92 Å². The fourth-order valence-electron chi connectivity index (χ4n) is 5.43. The zero-order valence-corrected chi connectivity index (χ0v) is 16.9. The largest absolute Gasteiger partial charge is 0.504 e. The first-order chi connectivity index (χ1) is 13.5.